The molecular weight excluding hydrogens is 298 g/mol. The number of rotatable bonds is 4. The van der Waals surface area contributed by atoms with Gasteiger partial charge in [-0.2, -0.15) is 5.10 Å². The number of hydrogen-bond donors (Lipinski definition) is 1. The molecule has 2 aromatic rings. The maximum absolute atomic E-state index is 12.6. The number of morpholine rings is 1. The number of aliphatic carboxylic acids is 1. The molecule has 1 aliphatic rings. The van der Waals surface area contributed by atoms with Crippen molar-refractivity contribution in [2.24, 2.45) is 7.05 Å². The molecule has 23 heavy (non-hydrogen) atoms. The molecule has 0 saturated carbocycles. The molecule has 1 amide bonds. The Morgan fingerprint density at radius 2 is 2.17 bits per heavy atom. The maximum atomic E-state index is 12.6. The fourth-order valence-electron chi connectivity index (χ4n) is 3.02. The topological polar surface area (TPSA) is 84.7 Å². The molecule has 3 rings (SSSR count). The number of ether oxygens (including phenoxy) is 1. The van der Waals surface area contributed by atoms with E-state index in [0.29, 0.717) is 18.8 Å². The standard InChI is InChI=1S/C16H19N3O4/c1-18-14-5-3-2-4-12(14)13(17-18)9-15(20)19-6-7-23-10-11(19)8-16(21)22/h2-5,11H,6-10H2,1H3,(H,21,22). The molecule has 1 aromatic heterocycles. The molecule has 0 aliphatic carbocycles. The molecule has 7 heteroatoms. The van der Waals surface area contributed by atoms with Gasteiger partial charge in [-0.15, -0.1) is 0 Å². The third kappa shape index (κ3) is 3.19. The Kier molecular flexibility index (Phi) is 4.29. The Bertz CT molecular complexity index is 740. The van der Waals surface area contributed by atoms with E-state index >= 15 is 0 Å². The van der Waals surface area contributed by atoms with E-state index < -0.39 is 12.0 Å². The highest BCUT2D eigenvalue weighted by atomic mass is 16.5. The van der Waals surface area contributed by atoms with Gasteiger partial charge in [-0.25, -0.2) is 0 Å². The fourth-order valence-corrected chi connectivity index (χ4v) is 3.02. The van der Waals surface area contributed by atoms with Crippen LogP contribution in [0.2, 0.25) is 0 Å². The Balaban J connectivity index is 1.80. The Morgan fingerprint density at radius 3 is 2.96 bits per heavy atom. The van der Waals surface area contributed by atoms with Crippen molar-refractivity contribution in [3.63, 3.8) is 0 Å². The van der Waals surface area contributed by atoms with E-state index in [-0.39, 0.29) is 25.4 Å². The van der Waals surface area contributed by atoms with E-state index in [1.165, 1.54) is 0 Å². The van der Waals surface area contributed by atoms with Gasteiger partial charge in [0.2, 0.25) is 5.91 Å². The average Bonchev–Trinajstić information content (AvgIpc) is 2.84. The molecule has 7 nitrogen and oxygen atoms in total. The lowest BCUT2D eigenvalue weighted by atomic mass is 10.1. The fraction of sp³-hybridized carbons (Fsp3) is 0.438. The molecule has 1 fully saturated rings. The van der Waals surface area contributed by atoms with E-state index in [1.54, 1.807) is 9.58 Å². The van der Waals surface area contributed by atoms with Gasteiger partial charge >= 0.3 is 5.97 Å². The number of benzene rings is 1. The van der Waals surface area contributed by atoms with Crippen molar-refractivity contribution in [2.45, 2.75) is 18.9 Å². The molecule has 0 radical (unpaired) electrons. The largest absolute Gasteiger partial charge is 0.481 e. The highest BCUT2D eigenvalue weighted by Crippen LogP contribution is 2.20. The zero-order valence-corrected chi connectivity index (χ0v) is 12.9. The van der Waals surface area contributed by atoms with Gasteiger partial charge in [0.05, 0.1) is 43.3 Å². The minimum atomic E-state index is -0.929. The number of para-hydroxylation sites is 1. The van der Waals surface area contributed by atoms with Crippen LogP contribution in [0.15, 0.2) is 24.3 Å². The summed E-state index contributed by atoms with van der Waals surface area (Å²) in [4.78, 5) is 25.2. The number of aryl methyl sites for hydroxylation is 1. The lowest BCUT2D eigenvalue weighted by Gasteiger charge is -2.34. The second-order valence-electron chi connectivity index (χ2n) is 5.68. The summed E-state index contributed by atoms with van der Waals surface area (Å²) < 4.78 is 7.07. The molecule has 1 aromatic carbocycles. The number of nitrogens with zero attached hydrogens (tertiary/aromatic N) is 3. The molecule has 1 unspecified atom stereocenters. The molecule has 122 valence electrons. The number of carboxylic acids is 1. The first-order valence-electron chi connectivity index (χ1n) is 7.56. The second-order valence-corrected chi connectivity index (χ2v) is 5.68. The minimum absolute atomic E-state index is 0.102. The summed E-state index contributed by atoms with van der Waals surface area (Å²) >= 11 is 0. The number of aromatic nitrogens is 2. The van der Waals surface area contributed by atoms with Crippen molar-refractivity contribution in [2.75, 3.05) is 19.8 Å². The average molecular weight is 317 g/mol. The first-order chi connectivity index (χ1) is 11.1. The first-order valence-corrected chi connectivity index (χ1v) is 7.56. The number of fused-ring (bicyclic) bond motifs is 1. The van der Waals surface area contributed by atoms with Gasteiger partial charge in [-0.05, 0) is 6.07 Å². The zero-order valence-electron chi connectivity index (χ0n) is 12.9. The summed E-state index contributed by atoms with van der Waals surface area (Å²) in [6, 6.07) is 7.33. The Labute approximate surface area is 133 Å². The van der Waals surface area contributed by atoms with Crippen LogP contribution in [0.1, 0.15) is 12.1 Å². The first kappa shape index (κ1) is 15.5. The molecule has 1 atom stereocenters. The van der Waals surface area contributed by atoms with Crippen molar-refractivity contribution >= 4 is 22.8 Å². The van der Waals surface area contributed by atoms with Crippen LogP contribution in [-0.2, 0) is 27.8 Å². The predicted molar refractivity (Wildman–Crippen MR) is 83.0 cm³/mol. The maximum Gasteiger partial charge on any atom is 0.305 e. The lowest BCUT2D eigenvalue weighted by Crippen LogP contribution is -2.50. The summed E-state index contributed by atoms with van der Waals surface area (Å²) in [6.45, 7) is 1.12. The zero-order chi connectivity index (χ0) is 16.4. The van der Waals surface area contributed by atoms with Crippen molar-refractivity contribution in [1.82, 2.24) is 14.7 Å². The van der Waals surface area contributed by atoms with Crippen molar-refractivity contribution in [3.8, 4) is 0 Å². The number of carboxylic acid groups (broad SMARTS) is 1. The van der Waals surface area contributed by atoms with Crippen LogP contribution in [0, 0.1) is 0 Å². The molecule has 1 N–H and O–H groups in total. The summed E-state index contributed by atoms with van der Waals surface area (Å²) in [5.41, 5.74) is 1.69. The van der Waals surface area contributed by atoms with Crippen LogP contribution in [0.5, 0.6) is 0 Å². The van der Waals surface area contributed by atoms with Crippen molar-refractivity contribution in [1.29, 1.82) is 0 Å². The third-order valence-corrected chi connectivity index (χ3v) is 4.11. The summed E-state index contributed by atoms with van der Waals surface area (Å²) in [6.07, 6.45) is 0.0617. The molecule has 1 aliphatic heterocycles. The normalized spacial score (nSPS) is 18.3. The number of carbonyl (C=O) groups is 2. The number of hydrogen-bond acceptors (Lipinski definition) is 4. The second kappa shape index (κ2) is 6.37. The van der Waals surface area contributed by atoms with Gasteiger partial charge in [0.15, 0.2) is 0 Å². The van der Waals surface area contributed by atoms with Crippen LogP contribution in [0.4, 0.5) is 0 Å². The molecular formula is C16H19N3O4. The van der Waals surface area contributed by atoms with Crippen LogP contribution >= 0.6 is 0 Å². The van der Waals surface area contributed by atoms with Gasteiger partial charge in [0, 0.05) is 19.0 Å². The minimum Gasteiger partial charge on any atom is -0.481 e. The quantitative estimate of drug-likeness (QED) is 0.902. The van der Waals surface area contributed by atoms with E-state index in [9.17, 15) is 9.59 Å². The number of amides is 1. The summed E-state index contributed by atoms with van der Waals surface area (Å²) in [5, 5.41) is 14.4. The van der Waals surface area contributed by atoms with Crippen molar-refractivity contribution in [3.05, 3.63) is 30.0 Å². The molecule has 2 heterocycles. The number of carbonyl (C=O) groups excluding carboxylic acids is 1. The molecule has 0 spiro atoms. The molecule has 0 bridgehead atoms. The van der Waals surface area contributed by atoms with Crippen LogP contribution in [0.3, 0.4) is 0 Å². The van der Waals surface area contributed by atoms with E-state index in [1.807, 2.05) is 31.3 Å². The summed E-state index contributed by atoms with van der Waals surface area (Å²) in [7, 11) is 1.85. The van der Waals surface area contributed by atoms with Crippen molar-refractivity contribution < 1.29 is 19.4 Å². The Hall–Kier alpha value is -2.41. The Morgan fingerprint density at radius 1 is 1.39 bits per heavy atom. The van der Waals surface area contributed by atoms with Gasteiger partial charge in [0.1, 0.15) is 0 Å². The highest BCUT2D eigenvalue weighted by molar-refractivity contribution is 5.88. The van der Waals surface area contributed by atoms with Gasteiger partial charge in [-0.3, -0.25) is 14.3 Å². The third-order valence-electron chi connectivity index (χ3n) is 4.11. The monoisotopic (exact) mass is 317 g/mol. The SMILES string of the molecule is Cn1nc(CC(=O)N2CCOCC2CC(=O)O)c2ccccc21. The lowest BCUT2D eigenvalue weighted by molar-refractivity contribution is -0.145. The van der Waals surface area contributed by atoms with E-state index in [4.69, 9.17) is 9.84 Å². The molecule has 1 saturated heterocycles. The van der Waals surface area contributed by atoms with Gasteiger partial charge < -0.3 is 14.7 Å². The summed E-state index contributed by atoms with van der Waals surface area (Å²) in [5.74, 6) is -1.04. The van der Waals surface area contributed by atoms with E-state index in [0.717, 1.165) is 10.9 Å². The van der Waals surface area contributed by atoms with Crippen LogP contribution in [-0.4, -0.2) is 57.5 Å². The van der Waals surface area contributed by atoms with Gasteiger partial charge in [0.25, 0.3) is 0 Å². The predicted octanol–water partition coefficient (Wildman–Crippen LogP) is 0.818. The van der Waals surface area contributed by atoms with Crippen LogP contribution < -0.4 is 0 Å². The van der Waals surface area contributed by atoms with E-state index in [2.05, 4.69) is 5.10 Å². The van der Waals surface area contributed by atoms with Gasteiger partial charge in [-0.1, -0.05) is 18.2 Å². The van der Waals surface area contributed by atoms with Crippen LogP contribution in [0.25, 0.3) is 10.9 Å². The highest BCUT2D eigenvalue weighted by Gasteiger charge is 2.29. The smallest absolute Gasteiger partial charge is 0.305 e.